The number of carbonyl (C=O) groups is 1. The summed E-state index contributed by atoms with van der Waals surface area (Å²) in [4.78, 5) is 12.0. The van der Waals surface area contributed by atoms with E-state index in [9.17, 15) is 4.79 Å². The Hall–Kier alpha value is -1.87. The summed E-state index contributed by atoms with van der Waals surface area (Å²) in [5.41, 5.74) is 4.06. The molecule has 10 heteroatoms. The van der Waals surface area contributed by atoms with E-state index >= 15 is 0 Å². The molecule has 1 N–H and O–H groups in total. The topological polar surface area (TPSA) is 72.2 Å². The average Bonchev–Trinajstić information content (AvgIpc) is 3.02. The van der Waals surface area contributed by atoms with Crippen LogP contribution in [0.3, 0.4) is 0 Å². The zero-order valence-corrected chi connectivity index (χ0v) is 18.5. The summed E-state index contributed by atoms with van der Waals surface area (Å²) in [6.45, 7) is 0. The SMILES string of the molecule is Cn1c(SCC(=O)N/N=C/c2ccc(Cl)cc2Cl)nnc1-c1cccc(Br)c1. The Morgan fingerprint density at radius 2 is 2.11 bits per heavy atom. The van der Waals surface area contributed by atoms with Gasteiger partial charge in [0, 0.05) is 27.7 Å². The fourth-order valence-corrected chi connectivity index (χ4v) is 3.82. The minimum Gasteiger partial charge on any atom is -0.305 e. The largest absolute Gasteiger partial charge is 0.305 e. The predicted molar refractivity (Wildman–Crippen MR) is 117 cm³/mol. The minimum absolute atomic E-state index is 0.149. The molecule has 0 saturated carbocycles. The lowest BCUT2D eigenvalue weighted by Crippen LogP contribution is -2.20. The lowest BCUT2D eigenvalue weighted by molar-refractivity contribution is -0.118. The highest BCUT2D eigenvalue weighted by atomic mass is 79.9. The molecule has 1 amide bonds. The number of rotatable bonds is 6. The van der Waals surface area contributed by atoms with Crippen molar-refractivity contribution in [1.82, 2.24) is 20.2 Å². The third-order valence-corrected chi connectivity index (χ3v) is 5.68. The Bertz CT molecular complexity index is 1040. The van der Waals surface area contributed by atoms with Crippen molar-refractivity contribution in [3.63, 3.8) is 0 Å². The normalized spacial score (nSPS) is 11.1. The van der Waals surface area contributed by atoms with E-state index in [1.54, 1.807) is 18.2 Å². The molecular formula is C18H14BrCl2N5OS. The first kappa shape index (κ1) is 20.9. The molecule has 1 aromatic heterocycles. The first-order chi connectivity index (χ1) is 13.4. The number of carbonyl (C=O) groups excluding carboxylic acids is 1. The highest BCUT2D eigenvalue weighted by Gasteiger charge is 2.13. The number of aromatic nitrogens is 3. The second kappa shape index (κ2) is 9.56. The molecule has 2 aromatic carbocycles. The fraction of sp³-hybridized carbons (Fsp3) is 0.111. The summed E-state index contributed by atoms with van der Waals surface area (Å²) in [6, 6.07) is 12.8. The van der Waals surface area contributed by atoms with Crippen molar-refractivity contribution in [2.24, 2.45) is 12.1 Å². The van der Waals surface area contributed by atoms with Gasteiger partial charge in [0.1, 0.15) is 0 Å². The summed E-state index contributed by atoms with van der Waals surface area (Å²) in [5, 5.41) is 13.9. The molecule has 0 spiro atoms. The van der Waals surface area contributed by atoms with Gasteiger partial charge < -0.3 is 4.57 Å². The van der Waals surface area contributed by atoms with Crippen LogP contribution in [0.15, 0.2) is 57.2 Å². The van der Waals surface area contributed by atoms with Crippen LogP contribution < -0.4 is 5.43 Å². The van der Waals surface area contributed by atoms with E-state index in [-0.39, 0.29) is 11.7 Å². The van der Waals surface area contributed by atoms with Crippen LogP contribution in [-0.2, 0) is 11.8 Å². The summed E-state index contributed by atoms with van der Waals surface area (Å²) in [5.74, 6) is 0.605. The monoisotopic (exact) mass is 497 g/mol. The quantitative estimate of drug-likeness (QED) is 0.301. The highest BCUT2D eigenvalue weighted by molar-refractivity contribution is 9.10. The molecule has 0 aliphatic carbocycles. The summed E-state index contributed by atoms with van der Waals surface area (Å²) in [7, 11) is 1.86. The van der Waals surface area contributed by atoms with E-state index in [1.807, 2.05) is 35.9 Å². The molecule has 0 aliphatic heterocycles. The molecule has 0 aliphatic rings. The minimum atomic E-state index is -0.265. The molecule has 3 aromatic rings. The number of hydrazone groups is 1. The number of hydrogen-bond acceptors (Lipinski definition) is 5. The Labute approximate surface area is 184 Å². The molecule has 144 valence electrons. The molecule has 3 rings (SSSR count). The van der Waals surface area contributed by atoms with Crippen molar-refractivity contribution in [3.05, 3.63) is 62.5 Å². The van der Waals surface area contributed by atoms with Crippen molar-refractivity contribution < 1.29 is 4.79 Å². The molecule has 6 nitrogen and oxygen atoms in total. The van der Waals surface area contributed by atoms with E-state index in [0.717, 1.165) is 15.9 Å². The molecule has 28 heavy (non-hydrogen) atoms. The van der Waals surface area contributed by atoms with Gasteiger partial charge in [-0.1, -0.05) is 69.1 Å². The number of nitrogens with zero attached hydrogens (tertiary/aromatic N) is 4. The zero-order chi connectivity index (χ0) is 20.1. The number of benzene rings is 2. The third-order valence-electron chi connectivity index (χ3n) is 3.61. The maximum Gasteiger partial charge on any atom is 0.250 e. The fourth-order valence-electron chi connectivity index (χ4n) is 2.26. The molecule has 0 radical (unpaired) electrons. The number of hydrogen-bond donors (Lipinski definition) is 1. The number of nitrogens with one attached hydrogen (secondary N) is 1. The second-order valence-corrected chi connectivity index (χ2v) is 8.33. The smallest absolute Gasteiger partial charge is 0.250 e. The Balaban J connectivity index is 1.57. The van der Waals surface area contributed by atoms with Crippen LogP contribution in [0.25, 0.3) is 11.4 Å². The van der Waals surface area contributed by atoms with Gasteiger partial charge in [-0.25, -0.2) is 5.43 Å². The standard InChI is InChI=1S/C18H14BrCl2N5OS/c1-26-17(11-3-2-4-13(19)7-11)24-25-18(26)28-10-16(27)23-22-9-12-5-6-14(20)8-15(12)21/h2-9H,10H2,1H3,(H,23,27)/b22-9+. The van der Waals surface area contributed by atoms with Crippen LogP contribution in [-0.4, -0.2) is 32.6 Å². The first-order valence-electron chi connectivity index (χ1n) is 7.99. The van der Waals surface area contributed by atoms with Crippen molar-refractivity contribution in [2.45, 2.75) is 5.16 Å². The molecule has 0 atom stereocenters. The second-order valence-electron chi connectivity index (χ2n) is 5.62. The van der Waals surface area contributed by atoms with Crippen molar-refractivity contribution in [1.29, 1.82) is 0 Å². The summed E-state index contributed by atoms with van der Waals surface area (Å²) in [6.07, 6.45) is 1.47. The van der Waals surface area contributed by atoms with Crippen LogP contribution in [0.5, 0.6) is 0 Å². The summed E-state index contributed by atoms with van der Waals surface area (Å²) >= 11 is 16.6. The van der Waals surface area contributed by atoms with Crippen LogP contribution in [0.4, 0.5) is 0 Å². The number of halogens is 3. The van der Waals surface area contributed by atoms with Gasteiger partial charge >= 0.3 is 0 Å². The third kappa shape index (κ3) is 5.35. The van der Waals surface area contributed by atoms with Gasteiger partial charge in [-0.05, 0) is 24.3 Å². The highest BCUT2D eigenvalue weighted by Crippen LogP contribution is 2.24. The maximum absolute atomic E-state index is 12.0. The van der Waals surface area contributed by atoms with E-state index in [1.165, 1.54) is 18.0 Å². The van der Waals surface area contributed by atoms with E-state index in [4.69, 9.17) is 23.2 Å². The van der Waals surface area contributed by atoms with Crippen molar-refractivity contribution in [2.75, 3.05) is 5.75 Å². The van der Waals surface area contributed by atoms with Gasteiger partial charge in [-0.15, -0.1) is 10.2 Å². The lowest BCUT2D eigenvalue weighted by Gasteiger charge is -2.04. The van der Waals surface area contributed by atoms with Gasteiger partial charge in [-0.3, -0.25) is 4.79 Å². The van der Waals surface area contributed by atoms with Crippen molar-refractivity contribution in [3.8, 4) is 11.4 Å². The van der Waals surface area contributed by atoms with E-state index < -0.39 is 0 Å². The van der Waals surface area contributed by atoms with Gasteiger partial charge in [0.2, 0.25) is 0 Å². The Morgan fingerprint density at radius 1 is 1.29 bits per heavy atom. The molecule has 0 unspecified atom stereocenters. The molecule has 0 fully saturated rings. The van der Waals surface area contributed by atoms with Crippen LogP contribution in [0.1, 0.15) is 5.56 Å². The van der Waals surface area contributed by atoms with E-state index in [2.05, 4.69) is 36.7 Å². The number of thioether (sulfide) groups is 1. The Kier molecular flexibility index (Phi) is 7.12. The van der Waals surface area contributed by atoms with Gasteiger partial charge in [0.15, 0.2) is 11.0 Å². The van der Waals surface area contributed by atoms with Crippen LogP contribution in [0, 0.1) is 0 Å². The van der Waals surface area contributed by atoms with Crippen LogP contribution in [0.2, 0.25) is 10.0 Å². The van der Waals surface area contributed by atoms with Gasteiger partial charge in [0.25, 0.3) is 5.91 Å². The maximum atomic E-state index is 12.0. The van der Waals surface area contributed by atoms with Gasteiger partial charge in [-0.2, -0.15) is 5.10 Å². The lowest BCUT2D eigenvalue weighted by atomic mass is 10.2. The van der Waals surface area contributed by atoms with Gasteiger partial charge in [0.05, 0.1) is 17.0 Å². The molecule has 1 heterocycles. The Morgan fingerprint density at radius 3 is 2.86 bits per heavy atom. The summed E-state index contributed by atoms with van der Waals surface area (Å²) < 4.78 is 2.80. The molecular weight excluding hydrogens is 485 g/mol. The number of amides is 1. The predicted octanol–water partition coefficient (Wildman–Crippen LogP) is 4.79. The van der Waals surface area contributed by atoms with Crippen molar-refractivity contribution >= 4 is 63.0 Å². The first-order valence-corrected chi connectivity index (χ1v) is 10.5. The van der Waals surface area contributed by atoms with E-state index in [0.29, 0.717) is 20.8 Å². The zero-order valence-electron chi connectivity index (χ0n) is 14.6. The van der Waals surface area contributed by atoms with Crippen LogP contribution >= 0.6 is 50.9 Å². The average molecular weight is 499 g/mol. The molecule has 0 bridgehead atoms. The molecule has 0 saturated heterocycles.